The third kappa shape index (κ3) is 4.07. The largest absolute Gasteiger partial charge is 0.324 e. The van der Waals surface area contributed by atoms with Gasteiger partial charge in [-0.1, -0.05) is 66.7 Å². The number of amides is 1. The van der Waals surface area contributed by atoms with Crippen molar-refractivity contribution in [1.82, 2.24) is 9.78 Å². The van der Waals surface area contributed by atoms with E-state index in [9.17, 15) is 14.9 Å². The van der Waals surface area contributed by atoms with Crippen LogP contribution in [-0.2, 0) is 11.3 Å². The zero-order valence-corrected chi connectivity index (χ0v) is 16.9. The van der Waals surface area contributed by atoms with Gasteiger partial charge in [-0.25, -0.2) is 0 Å². The molecule has 152 valence electrons. The summed E-state index contributed by atoms with van der Waals surface area (Å²) in [5.74, 6) is -2.68. The Balaban J connectivity index is 1.56. The first-order chi connectivity index (χ1) is 15.1. The summed E-state index contributed by atoms with van der Waals surface area (Å²) in [4.78, 5) is 25.9. The predicted octanol–water partition coefficient (Wildman–Crippen LogP) is 4.35. The number of carbonyl (C=O) groups excluding carboxylic acids is 2. The molecule has 4 aromatic rings. The topological polar surface area (TPSA) is 87.8 Å². The number of fused-ring (bicyclic) bond motifs is 1. The van der Waals surface area contributed by atoms with Gasteiger partial charge in [-0.15, -0.1) is 0 Å². The van der Waals surface area contributed by atoms with Crippen LogP contribution in [0.4, 0.5) is 5.69 Å². The van der Waals surface area contributed by atoms with Crippen molar-refractivity contribution in [3.8, 4) is 6.07 Å². The number of Topliss-reactive ketones (excluding diaryl/α,β-unsaturated/α-hetero) is 1. The normalized spacial score (nSPS) is 11.6. The number of nitrogens with zero attached hydrogens (tertiary/aromatic N) is 3. The summed E-state index contributed by atoms with van der Waals surface area (Å²) in [6.45, 7) is 2.26. The van der Waals surface area contributed by atoms with Crippen molar-refractivity contribution in [2.45, 2.75) is 13.5 Å². The van der Waals surface area contributed by atoms with Gasteiger partial charge in [-0.2, -0.15) is 10.4 Å². The van der Waals surface area contributed by atoms with Crippen LogP contribution >= 0.6 is 0 Å². The Morgan fingerprint density at radius 2 is 1.74 bits per heavy atom. The van der Waals surface area contributed by atoms with E-state index in [4.69, 9.17) is 0 Å². The Morgan fingerprint density at radius 3 is 2.52 bits per heavy atom. The Hall–Kier alpha value is -4.24. The second-order valence-corrected chi connectivity index (χ2v) is 7.23. The van der Waals surface area contributed by atoms with E-state index in [1.807, 2.05) is 72.8 Å². The van der Waals surface area contributed by atoms with Crippen LogP contribution in [0, 0.1) is 24.2 Å². The average Bonchev–Trinajstić information content (AvgIpc) is 3.15. The number of hydrogen-bond donors (Lipinski definition) is 1. The highest BCUT2D eigenvalue weighted by Gasteiger charge is 2.30. The van der Waals surface area contributed by atoms with Crippen molar-refractivity contribution in [2.75, 3.05) is 5.32 Å². The first-order valence-electron chi connectivity index (χ1n) is 9.87. The molecule has 0 aliphatic rings. The molecule has 1 amide bonds. The van der Waals surface area contributed by atoms with Gasteiger partial charge in [0.15, 0.2) is 11.7 Å². The van der Waals surface area contributed by atoms with E-state index in [1.54, 1.807) is 17.7 Å². The van der Waals surface area contributed by atoms with Crippen molar-refractivity contribution in [2.24, 2.45) is 5.92 Å². The molecular weight excluding hydrogens is 388 g/mol. The predicted molar refractivity (Wildman–Crippen MR) is 119 cm³/mol. The van der Waals surface area contributed by atoms with E-state index in [0.29, 0.717) is 17.9 Å². The van der Waals surface area contributed by atoms with Crippen molar-refractivity contribution in [3.63, 3.8) is 0 Å². The third-order valence-corrected chi connectivity index (χ3v) is 5.24. The van der Waals surface area contributed by atoms with E-state index in [0.717, 1.165) is 16.3 Å². The number of benzene rings is 3. The van der Waals surface area contributed by atoms with Gasteiger partial charge in [0.1, 0.15) is 0 Å². The molecule has 6 heteroatoms. The van der Waals surface area contributed by atoms with E-state index >= 15 is 0 Å². The minimum Gasteiger partial charge on any atom is -0.324 e. The molecule has 0 saturated heterocycles. The van der Waals surface area contributed by atoms with Crippen LogP contribution < -0.4 is 5.32 Å². The molecule has 0 aliphatic carbocycles. The molecule has 4 rings (SSSR count). The number of hydrogen-bond acceptors (Lipinski definition) is 4. The van der Waals surface area contributed by atoms with E-state index in [-0.39, 0.29) is 5.56 Å². The second kappa shape index (κ2) is 8.64. The zero-order chi connectivity index (χ0) is 21.8. The summed E-state index contributed by atoms with van der Waals surface area (Å²) in [7, 11) is 0. The minimum atomic E-state index is -1.47. The molecule has 0 radical (unpaired) electrons. The number of carbonyl (C=O) groups is 2. The molecule has 0 saturated carbocycles. The summed E-state index contributed by atoms with van der Waals surface area (Å²) < 4.78 is 1.69. The molecule has 0 spiro atoms. The summed E-state index contributed by atoms with van der Waals surface area (Å²) in [5, 5.41) is 18.4. The first kappa shape index (κ1) is 20.0. The lowest BCUT2D eigenvalue weighted by atomic mass is 9.98. The van der Waals surface area contributed by atoms with Gasteiger partial charge in [-0.05, 0) is 23.9 Å². The molecule has 1 aromatic heterocycles. The van der Waals surface area contributed by atoms with E-state index in [1.165, 1.54) is 6.20 Å². The number of anilines is 1. The van der Waals surface area contributed by atoms with Crippen LogP contribution in [0.15, 0.2) is 79.0 Å². The zero-order valence-electron chi connectivity index (χ0n) is 16.9. The lowest BCUT2D eigenvalue weighted by Crippen LogP contribution is -2.29. The maximum absolute atomic E-state index is 13.0. The summed E-state index contributed by atoms with van der Waals surface area (Å²) in [5.41, 5.74) is 2.49. The van der Waals surface area contributed by atoms with E-state index < -0.39 is 17.6 Å². The smallest absolute Gasteiger partial charge is 0.249 e. The molecule has 0 aliphatic heterocycles. The fourth-order valence-corrected chi connectivity index (χ4v) is 3.54. The summed E-state index contributed by atoms with van der Waals surface area (Å²) in [6, 6.07) is 24.7. The molecule has 1 N–H and O–H groups in total. The van der Waals surface area contributed by atoms with Gasteiger partial charge in [0, 0.05) is 16.8 Å². The number of nitriles is 1. The van der Waals surface area contributed by atoms with Gasteiger partial charge >= 0.3 is 0 Å². The number of aromatic nitrogens is 2. The number of nitrogens with one attached hydrogen (secondary N) is 1. The second-order valence-electron chi connectivity index (χ2n) is 7.23. The standard InChI is InChI=1S/C25H20N4O2/c1-17-22(15-27-29(17)16-18-8-3-2-4-9-18)24(30)21(14-26)25(31)28-23-13-7-11-19-10-5-6-12-20(19)23/h2-13,15,21H,16H2,1H3,(H,28,31). The molecule has 3 aromatic carbocycles. The van der Waals surface area contributed by atoms with Gasteiger partial charge in [0.05, 0.1) is 24.4 Å². The number of rotatable bonds is 6. The maximum Gasteiger partial charge on any atom is 0.249 e. The molecule has 1 unspecified atom stereocenters. The van der Waals surface area contributed by atoms with Crippen LogP contribution in [0.5, 0.6) is 0 Å². The monoisotopic (exact) mass is 408 g/mol. The fraction of sp³-hybridized carbons (Fsp3) is 0.120. The highest BCUT2D eigenvalue weighted by atomic mass is 16.2. The average molecular weight is 408 g/mol. The fourth-order valence-electron chi connectivity index (χ4n) is 3.54. The molecular formula is C25H20N4O2. The maximum atomic E-state index is 13.0. The van der Waals surface area contributed by atoms with Crippen LogP contribution in [0.1, 0.15) is 21.6 Å². The van der Waals surface area contributed by atoms with Crippen LogP contribution in [0.25, 0.3) is 10.8 Å². The summed E-state index contributed by atoms with van der Waals surface area (Å²) >= 11 is 0. The highest BCUT2D eigenvalue weighted by Crippen LogP contribution is 2.24. The third-order valence-electron chi connectivity index (χ3n) is 5.24. The van der Waals surface area contributed by atoms with E-state index in [2.05, 4.69) is 10.4 Å². The Kier molecular flexibility index (Phi) is 5.59. The van der Waals surface area contributed by atoms with Gasteiger partial charge in [0.25, 0.3) is 0 Å². The quantitative estimate of drug-likeness (QED) is 0.379. The van der Waals surface area contributed by atoms with Crippen molar-refractivity contribution >= 4 is 28.2 Å². The molecule has 31 heavy (non-hydrogen) atoms. The van der Waals surface area contributed by atoms with Crippen LogP contribution in [0.2, 0.25) is 0 Å². The number of ketones is 1. The molecule has 6 nitrogen and oxygen atoms in total. The SMILES string of the molecule is Cc1c(C(=O)C(C#N)C(=O)Nc2cccc3ccccc23)cnn1Cc1ccccc1. The highest BCUT2D eigenvalue weighted by molar-refractivity contribution is 6.17. The Labute approximate surface area is 179 Å². The van der Waals surface area contributed by atoms with Crippen molar-refractivity contribution < 1.29 is 9.59 Å². The first-order valence-corrected chi connectivity index (χ1v) is 9.87. The molecule has 1 heterocycles. The van der Waals surface area contributed by atoms with Crippen molar-refractivity contribution in [1.29, 1.82) is 5.26 Å². The lowest BCUT2D eigenvalue weighted by Gasteiger charge is -2.12. The van der Waals surface area contributed by atoms with Gasteiger partial charge in [0.2, 0.25) is 5.91 Å². The lowest BCUT2D eigenvalue weighted by molar-refractivity contribution is -0.117. The van der Waals surface area contributed by atoms with Gasteiger partial charge in [-0.3, -0.25) is 14.3 Å². The molecule has 0 fully saturated rings. The Morgan fingerprint density at radius 1 is 1.03 bits per heavy atom. The summed E-state index contributed by atoms with van der Waals surface area (Å²) in [6.07, 6.45) is 1.43. The van der Waals surface area contributed by atoms with Crippen LogP contribution in [-0.4, -0.2) is 21.5 Å². The molecule has 1 atom stereocenters. The van der Waals surface area contributed by atoms with Gasteiger partial charge < -0.3 is 5.32 Å². The van der Waals surface area contributed by atoms with Crippen molar-refractivity contribution in [3.05, 3.63) is 95.8 Å². The van der Waals surface area contributed by atoms with Crippen LogP contribution in [0.3, 0.4) is 0 Å². The Bertz CT molecular complexity index is 1300. The molecule has 0 bridgehead atoms. The minimum absolute atomic E-state index is 0.274.